The first kappa shape index (κ1) is 13.3. The maximum atomic E-state index is 5.45. The van der Waals surface area contributed by atoms with Crippen molar-refractivity contribution in [1.82, 2.24) is 9.88 Å². The lowest BCUT2D eigenvalue weighted by molar-refractivity contribution is 0.0134. The van der Waals surface area contributed by atoms with Crippen molar-refractivity contribution < 1.29 is 4.74 Å². The van der Waals surface area contributed by atoms with E-state index in [-0.39, 0.29) is 0 Å². The van der Waals surface area contributed by atoms with E-state index in [1.807, 2.05) is 12.4 Å². The first-order valence-electron chi connectivity index (χ1n) is 6.91. The van der Waals surface area contributed by atoms with Crippen LogP contribution in [0.3, 0.4) is 0 Å². The van der Waals surface area contributed by atoms with E-state index in [4.69, 9.17) is 4.74 Å². The lowest BCUT2D eigenvalue weighted by Gasteiger charge is -2.34. The van der Waals surface area contributed by atoms with E-state index in [1.54, 1.807) is 0 Å². The Morgan fingerprint density at radius 3 is 2.79 bits per heavy atom. The van der Waals surface area contributed by atoms with E-state index in [9.17, 15) is 0 Å². The smallest absolute Gasteiger partial charge is 0.0594 e. The summed E-state index contributed by atoms with van der Waals surface area (Å²) < 4.78 is 6.50. The highest BCUT2D eigenvalue weighted by molar-refractivity contribution is 9.10. The molecule has 0 spiro atoms. The van der Waals surface area contributed by atoms with E-state index in [2.05, 4.69) is 43.7 Å². The van der Waals surface area contributed by atoms with E-state index in [0.29, 0.717) is 12.0 Å². The monoisotopic (exact) mass is 325 g/mol. The van der Waals surface area contributed by atoms with Gasteiger partial charge in [0.2, 0.25) is 0 Å². The average molecular weight is 326 g/mol. The summed E-state index contributed by atoms with van der Waals surface area (Å²) in [4.78, 5) is 9.30. The first-order valence-corrected chi connectivity index (χ1v) is 7.70. The Labute approximate surface area is 122 Å². The summed E-state index contributed by atoms with van der Waals surface area (Å²) in [6, 6.07) is 2.80. The number of hydrogen-bond acceptors (Lipinski definition) is 4. The normalized spacial score (nSPS) is 28.8. The standard InChI is InChI=1S/C14H20BrN3O/c1-11-9-18(13-6-12(15)7-16-8-13)10-14(11)17-2-4-19-5-3-17/h6-8,11,14H,2-5,9-10H2,1H3/t11-,14-/m1/s1. The van der Waals surface area contributed by atoms with Crippen LogP contribution in [0.5, 0.6) is 0 Å². The Balaban J connectivity index is 1.70. The van der Waals surface area contributed by atoms with E-state index in [0.717, 1.165) is 43.9 Å². The van der Waals surface area contributed by atoms with Crippen LogP contribution >= 0.6 is 15.9 Å². The lowest BCUT2D eigenvalue weighted by Crippen LogP contribution is -2.46. The largest absolute Gasteiger partial charge is 0.379 e. The molecule has 0 saturated carbocycles. The van der Waals surface area contributed by atoms with Crippen LogP contribution in [-0.4, -0.2) is 55.3 Å². The predicted molar refractivity (Wildman–Crippen MR) is 79.5 cm³/mol. The minimum absolute atomic E-state index is 0.642. The van der Waals surface area contributed by atoms with Gasteiger partial charge in [0, 0.05) is 42.9 Å². The number of hydrogen-bond donors (Lipinski definition) is 0. The SMILES string of the molecule is C[C@@H]1CN(c2cncc(Br)c2)C[C@H]1N1CCOCC1. The Morgan fingerprint density at radius 2 is 2.05 bits per heavy atom. The number of halogens is 1. The van der Waals surface area contributed by atoms with Gasteiger partial charge in [-0.25, -0.2) is 0 Å². The summed E-state index contributed by atoms with van der Waals surface area (Å²) in [5.41, 5.74) is 1.22. The molecule has 2 saturated heterocycles. The minimum atomic E-state index is 0.642. The molecule has 3 rings (SSSR count). The van der Waals surface area contributed by atoms with Crippen molar-refractivity contribution in [3.63, 3.8) is 0 Å². The van der Waals surface area contributed by atoms with Gasteiger partial charge in [0.25, 0.3) is 0 Å². The molecule has 2 aliphatic heterocycles. The Morgan fingerprint density at radius 1 is 1.26 bits per heavy atom. The molecule has 2 aliphatic rings. The van der Waals surface area contributed by atoms with Crippen LogP contribution in [0.1, 0.15) is 6.92 Å². The van der Waals surface area contributed by atoms with Crippen LogP contribution in [0, 0.1) is 5.92 Å². The van der Waals surface area contributed by atoms with Gasteiger partial charge in [-0.2, -0.15) is 0 Å². The van der Waals surface area contributed by atoms with Gasteiger partial charge in [-0.1, -0.05) is 6.92 Å². The second-order valence-corrected chi connectivity index (χ2v) is 6.37. The van der Waals surface area contributed by atoms with E-state index in [1.165, 1.54) is 5.69 Å². The highest BCUT2D eigenvalue weighted by Crippen LogP contribution is 2.28. The predicted octanol–water partition coefficient (Wildman–Crippen LogP) is 2.00. The van der Waals surface area contributed by atoms with Crippen LogP contribution in [0.25, 0.3) is 0 Å². The summed E-state index contributed by atoms with van der Waals surface area (Å²) in [6.45, 7) is 8.45. The molecular formula is C14H20BrN3O. The number of anilines is 1. The summed E-state index contributed by atoms with van der Waals surface area (Å²) in [5, 5.41) is 0. The van der Waals surface area contributed by atoms with Crippen molar-refractivity contribution in [1.29, 1.82) is 0 Å². The molecule has 0 N–H and O–H groups in total. The van der Waals surface area contributed by atoms with Gasteiger partial charge >= 0.3 is 0 Å². The summed E-state index contributed by atoms with van der Waals surface area (Å²) in [7, 11) is 0. The van der Waals surface area contributed by atoms with E-state index >= 15 is 0 Å². The molecular weight excluding hydrogens is 306 g/mol. The zero-order chi connectivity index (χ0) is 13.2. The number of pyridine rings is 1. The third kappa shape index (κ3) is 2.93. The number of rotatable bonds is 2. The minimum Gasteiger partial charge on any atom is -0.379 e. The van der Waals surface area contributed by atoms with Gasteiger partial charge in [0.1, 0.15) is 0 Å². The van der Waals surface area contributed by atoms with E-state index < -0.39 is 0 Å². The molecule has 0 aliphatic carbocycles. The van der Waals surface area contributed by atoms with Crippen molar-refractivity contribution in [3.8, 4) is 0 Å². The Kier molecular flexibility index (Phi) is 4.05. The fourth-order valence-corrected chi connectivity index (χ4v) is 3.47. The number of ether oxygens (including phenoxy) is 1. The molecule has 0 bridgehead atoms. The van der Waals surface area contributed by atoms with Gasteiger partial charge < -0.3 is 9.64 Å². The zero-order valence-electron chi connectivity index (χ0n) is 11.3. The van der Waals surface area contributed by atoms with Crippen molar-refractivity contribution in [3.05, 3.63) is 22.9 Å². The molecule has 2 atom stereocenters. The summed E-state index contributed by atoms with van der Waals surface area (Å²) >= 11 is 3.50. The van der Waals surface area contributed by atoms with Crippen molar-refractivity contribution in [2.45, 2.75) is 13.0 Å². The molecule has 0 unspecified atom stereocenters. The van der Waals surface area contributed by atoms with Crippen LogP contribution in [-0.2, 0) is 4.74 Å². The van der Waals surface area contributed by atoms with Crippen molar-refractivity contribution >= 4 is 21.6 Å². The molecule has 1 aromatic rings. The van der Waals surface area contributed by atoms with Gasteiger partial charge in [-0.3, -0.25) is 9.88 Å². The second-order valence-electron chi connectivity index (χ2n) is 5.46. The van der Waals surface area contributed by atoms with Gasteiger partial charge in [0.15, 0.2) is 0 Å². The summed E-state index contributed by atoms with van der Waals surface area (Å²) in [5.74, 6) is 0.692. The molecule has 104 valence electrons. The molecule has 0 amide bonds. The van der Waals surface area contributed by atoms with Crippen molar-refractivity contribution in [2.24, 2.45) is 5.92 Å². The highest BCUT2D eigenvalue weighted by Gasteiger charge is 2.34. The van der Waals surface area contributed by atoms with Crippen LogP contribution in [0.15, 0.2) is 22.9 Å². The van der Waals surface area contributed by atoms with Crippen LogP contribution < -0.4 is 4.90 Å². The maximum Gasteiger partial charge on any atom is 0.0594 e. The quantitative estimate of drug-likeness (QED) is 0.831. The first-order chi connectivity index (χ1) is 9.24. The third-order valence-electron chi connectivity index (χ3n) is 4.14. The Bertz CT molecular complexity index is 436. The molecule has 4 nitrogen and oxygen atoms in total. The molecule has 0 radical (unpaired) electrons. The second kappa shape index (κ2) is 5.77. The number of aromatic nitrogens is 1. The Hall–Kier alpha value is -0.650. The molecule has 1 aromatic heterocycles. The third-order valence-corrected chi connectivity index (χ3v) is 4.58. The maximum absolute atomic E-state index is 5.45. The zero-order valence-corrected chi connectivity index (χ0v) is 12.8. The van der Waals surface area contributed by atoms with Crippen LogP contribution in [0.2, 0.25) is 0 Å². The molecule has 2 fully saturated rings. The van der Waals surface area contributed by atoms with Gasteiger partial charge in [-0.15, -0.1) is 0 Å². The van der Waals surface area contributed by atoms with Crippen molar-refractivity contribution in [2.75, 3.05) is 44.3 Å². The van der Waals surface area contributed by atoms with Gasteiger partial charge in [-0.05, 0) is 27.9 Å². The van der Waals surface area contributed by atoms with Gasteiger partial charge in [0.05, 0.1) is 25.1 Å². The van der Waals surface area contributed by atoms with Crippen LogP contribution in [0.4, 0.5) is 5.69 Å². The highest BCUT2D eigenvalue weighted by atomic mass is 79.9. The molecule has 19 heavy (non-hydrogen) atoms. The summed E-state index contributed by atoms with van der Waals surface area (Å²) in [6.07, 6.45) is 3.79. The molecule has 5 heteroatoms. The lowest BCUT2D eigenvalue weighted by atomic mass is 10.0. The fourth-order valence-electron chi connectivity index (χ4n) is 3.12. The fraction of sp³-hybridized carbons (Fsp3) is 0.643. The molecule has 3 heterocycles. The number of morpholine rings is 1. The number of nitrogens with zero attached hydrogens (tertiary/aromatic N) is 3. The molecule has 0 aromatic carbocycles. The topological polar surface area (TPSA) is 28.6 Å². The average Bonchev–Trinajstić information content (AvgIpc) is 2.82.